The van der Waals surface area contributed by atoms with Crippen LogP contribution in [-0.2, 0) is 6.42 Å². The lowest BCUT2D eigenvalue weighted by Gasteiger charge is -2.09. The highest BCUT2D eigenvalue weighted by Gasteiger charge is 2.03. The van der Waals surface area contributed by atoms with E-state index in [1.807, 2.05) is 6.07 Å². The molecule has 18 heavy (non-hydrogen) atoms. The number of halogens is 2. The molecule has 1 aromatic carbocycles. The molecule has 0 saturated carbocycles. The Hall–Kier alpha value is -1.49. The zero-order chi connectivity index (χ0) is 13.4. The van der Waals surface area contributed by atoms with E-state index in [0.29, 0.717) is 36.8 Å². The molecule has 100 valence electrons. The second kappa shape index (κ2) is 7.76. The number of guanidine groups is 1. The third kappa shape index (κ3) is 5.23. The predicted octanol–water partition coefficient (Wildman–Crippen LogP) is 2.10. The molecule has 0 radical (unpaired) electrons. The number of benzene rings is 1. The second-order valence-corrected chi connectivity index (χ2v) is 4.15. The van der Waals surface area contributed by atoms with Gasteiger partial charge in [-0.2, -0.15) is 0 Å². The Morgan fingerprint density at radius 2 is 2.28 bits per heavy atom. The molecule has 0 aliphatic rings. The van der Waals surface area contributed by atoms with Crippen molar-refractivity contribution in [3.8, 4) is 5.75 Å². The first-order valence-corrected chi connectivity index (χ1v) is 6.06. The van der Waals surface area contributed by atoms with E-state index in [2.05, 4.69) is 5.32 Å². The van der Waals surface area contributed by atoms with Crippen LogP contribution in [0.1, 0.15) is 12.0 Å². The Bertz CT molecular complexity index is 401. The summed E-state index contributed by atoms with van der Waals surface area (Å²) >= 11 is 6.04. The summed E-state index contributed by atoms with van der Waals surface area (Å²) in [5, 5.41) is 10.2. The lowest BCUT2D eigenvalue weighted by Crippen LogP contribution is -2.31. The lowest BCUT2D eigenvalue weighted by molar-refractivity contribution is 0.290. The molecule has 1 aromatic rings. The van der Waals surface area contributed by atoms with Gasteiger partial charge in [-0.25, -0.2) is 0 Å². The van der Waals surface area contributed by atoms with E-state index in [9.17, 15) is 4.39 Å². The van der Waals surface area contributed by atoms with Gasteiger partial charge in [-0.05, 0) is 24.1 Å². The van der Waals surface area contributed by atoms with Crippen molar-refractivity contribution in [1.82, 2.24) is 5.32 Å². The first kappa shape index (κ1) is 14.6. The topological polar surface area (TPSA) is 71.1 Å². The Balaban J connectivity index is 2.48. The highest BCUT2D eigenvalue weighted by Crippen LogP contribution is 2.25. The van der Waals surface area contributed by atoms with Crippen LogP contribution in [0.15, 0.2) is 18.2 Å². The van der Waals surface area contributed by atoms with Crippen molar-refractivity contribution in [2.45, 2.75) is 12.8 Å². The molecule has 4 nitrogen and oxygen atoms in total. The molecule has 0 amide bonds. The molecule has 0 unspecified atom stereocenters. The number of ether oxygens (including phenoxy) is 1. The maximum absolute atomic E-state index is 11.9. The van der Waals surface area contributed by atoms with E-state index in [1.54, 1.807) is 12.1 Å². The number of nitrogens with one attached hydrogen (secondary N) is 2. The van der Waals surface area contributed by atoms with Crippen LogP contribution in [-0.4, -0.2) is 25.8 Å². The van der Waals surface area contributed by atoms with Crippen molar-refractivity contribution < 1.29 is 9.13 Å². The molecular formula is C12H17ClFN3O. The second-order valence-electron chi connectivity index (χ2n) is 3.75. The molecule has 0 atom stereocenters. The van der Waals surface area contributed by atoms with Crippen molar-refractivity contribution >= 4 is 17.6 Å². The van der Waals surface area contributed by atoms with Crippen molar-refractivity contribution in [1.29, 1.82) is 5.41 Å². The molecule has 0 bridgehead atoms. The summed E-state index contributed by atoms with van der Waals surface area (Å²) in [6, 6.07) is 5.45. The van der Waals surface area contributed by atoms with Gasteiger partial charge in [0, 0.05) is 13.0 Å². The van der Waals surface area contributed by atoms with Gasteiger partial charge in [0.25, 0.3) is 0 Å². The molecule has 0 aliphatic heterocycles. The number of hydrogen-bond donors (Lipinski definition) is 3. The van der Waals surface area contributed by atoms with Gasteiger partial charge in [0.05, 0.1) is 18.3 Å². The Morgan fingerprint density at radius 1 is 1.50 bits per heavy atom. The van der Waals surface area contributed by atoms with Crippen LogP contribution < -0.4 is 15.8 Å². The zero-order valence-corrected chi connectivity index (χ0v) is 10.8. The van der Waals surface area contributed by atoms with E-state index in [4.69, 9.17) is 27.5 Å². The number of hydrogen-bond acceptors (Lipinski definition) is 2. The van der Waals surface area contributed by atoms with Crippen molar-refractivity contribution in [2.75, 3.05) is 19.8 Å². The fourth-order valence-electron chi connectivity index (χ4n) is 1.40. The minimum Gasteiger partial charge on any atom is -0.492 e. The summed E-state index contributed by atoms with van der Waals surface area (Å²) in [4.78, 5) is 0. The van der Waals surface area contributed by atoms with Gasteiger partial charge in [-0.15, -0.1) is 0 Å². The van der Waals surface area contributed by atoms with E-state index in [1.165, 1.54) is 0 Å². The molecule has 0 aliphatic carbocycles. The van der Waals surface area contributed by atoms with Crippen molar-refractivity contribution in [2.24, 2.45) is 5.73 Å². The van der Waals surface area contributed by atoms with Gasteiger partial charge in [0.15, 0.2) is 5.96 Å². The fraction of sp³-hybridized carbons (Fsp3) is 0.417. The Morgan fingerprint density at radius 3 is 2.89 bits per heavy atom. The molecule has 0 fully saturated rings. The van der Waals surface area contributed by atoms with Gasteiger partial charge >= 0.3 is 0 Å². The fourth-order valence-corrected chi connectivity index (χ4v) is 1.65. The Labute approximate surface area is 111 Å². The van der Waals surface area contributed by atoms with Crippen LogP contribution in [0.3, 0.4) is 0 Å². The van der Waals surface area contributed by atoms with E-state index < -0.39 is 6.67 Å². The standard InChI is InChI=1S/C12H17ClFN3O/c13-10-8-9(4-6-17-12(15)16)2-3-11(10)18-7-1-5-14/h2-3,8H,1,4-7H2,(H4,15,16,17). The molecule has 1 rings (SSSR count). The van der Waals surface area contributed by atoms with Crippen LogP contribution in [0.2, 0.25) is 5.02 Å². The van der Waals surface area contributed by atoms with Gasteiger partial charge in [0.1, 0.15) is 5.75 Å². The van der Waals surface area contributed by atoms with Gasteiger partial charge in [-0.1, -0.05) is 17.7 Å². The first-order chi connectivity index (χ1) is 8.63. The van der Waals surface area contributed by atoms with Gasteiger partial charge in [0.2, 0.25) is 0 Å². The van der Waals surface area contributed by atoms with Gasteiger partial charge in [-0.3, -0.25) is 9.80 Å². The van der Waals surface area contributed by atoms with Crippen molar-refractivity contribution in [3.05, 3.63) is 28.8 Å². The SMILES string of the molecule is N=C(N)NCCc1ccc(OCCCF)c(Cl)c1. The maximum atomic E-state index is 11.9. The van der Waals surface area contributed by atoms with E-state index in [-0.39, 0.29) is 5.96 Å². The molecule has 0 saturated heterocycles. The molecular weight excluding hydrogens is 257 g/mol. The van der Waals surface area contributed by atoms with Crippen LogP contribution in [0.5, 0.6) is 5.75 Å². The predicted molar refractivity (Wildman–Crippen MR) is 71.2 cm³/mol. The number of alkyl halides is 1. The molecule has 4 N–H and O–H groups in total. The van der Waals surface area contributed by atoms with Crippen LogP contribution in [0, 0.1) is 5.41 Å². The monoisotopic (exact) mass is 273 g/mol. The summed E-state index contributed by atoms with van der Waals surface area (Å²) in [6.45, 7) is 0.502. The van der Waals surface area contributed by atoms with Crippen molar-refractivity contribution in [3.63, 3.8) is 0 Å². The Kier molecular flexibility index (Phi) is 6.28. The average Bonchev–Trinajstić information content (AvgIpc) is 2.31. The summed E-state index contributed by atoms with van der Waals surface area (Å²) in [5.41, 5.74) is 6.19. The normalized spacial score (nSPS) is 10.1. The van der Waals surface area contributed by atoms with Crippen LogP contribution >= 0.6 is 11.6 Å². The summed E-state index contributed by atoms with van der Waals surface area (Å²) in [7, 11) is 0. The largest absolute Gasteiger partial charge is 0.492 e. The van der Waals surface area contributed by atoms with Gasteiger partial charge < -0.3 is 15.8 Å². The quantitative estimate of drug-likeness (QED) is 0.405. The average molecular weight is 274 g/mol. The minimum atomic E-state index is -0.396. The summed E-state index contributed by atoms with van der Waals surface area (Å²) in [5.74, 6) is 0.515. The van der Waals surface area contributed by atoms with E-state index >= 15 is 0 Å². The molecule has 0 heterocycles. The molecule has 0 aromatic heterocycles. The third-order valence-corrected chi connectivity index (χ3v) is 2.56. The smallest absolute Gasteiger partial charge is 0.185 e. The third-order valence-electron chi connectivity index (χ3n) is 2.26. The zero-order valence-electron chi connectivity index (χ0n) is 10.0. The molecule has 6 heteroatoms. The highest BCUT2D eigenvalue weighted by atomic mass is 35.5. The summed E-state index contributed by atoms with van der Waals surface area (Å²) < 4.78 is 17.3. The lowest BCUT2D eigenvalue weighted by atomic mass is 10.1. The van der Waals surface area contributed by atoms with Crippen LogP contribution in [0.25, 0.3) is 0 Å². The first-order valence-electron chi connectivity index (χ1n) is 5.68. The number of rotatable bonds is 7. The highest BCUT2D eigenvalue weighted by molar-refractivity contribution is 6.32. The maximum Gasteiger partial charge on any atom is 0.185 e. The summed E-state index contributed by atoms with van der Waals surface area (Å²) in [6.07, 6.45) is 1.07. The number of nitrogens with two attached hydrogens (primary N) is 1. The minimum absolute atomic E-state index is 0.0488. The van der Waals surface area contributed by atoms with E-state index in [0.717, 1.165) is 5.56 Å². The molecule has 0 spiro atoms. The van der Waals surface area contributed by atoms with Crippen LogP contribution in [0.4, 0.5) is 4.39 Å².